The van der Waals surface area contributed by atoms with Crippen molar-refractivity contribution in [2.75, 3.05) is 5.32 Å². The molecule has 170 valence electrons. The number of hydrogen-bond donors (Lipinski definition) is 1. The van der Waals surface area contributed by atoms with Gasteiger partial charge in [0, 0.05) is 27.8 Å². The van der Waals surface area contributed by atoms with Crippen molar-refractivity contribution in [2.45, 2.75) is 50.7 Å². The molecule has 1 heterocycles. The van der Waals surface area contributed by atoms with Crippen LogP contribution in [0.5, 0.6) is 0 Å². The Bertz CT molecular complexity index is 1260. The Morgan fingerprint density at radius 2 is 1.52 bits per heavy atom. The van der Waals surface area contributed by atoms with E-state index in [0.717, 1.165) is 32.4 Å². The molecule has 3 aromatic carbocycles. The molecule has 0 saturated heterocycles. The second-order valence-electron chi connectivity index (χ2n) is 9.54. The zero-order chi connectivity index (χ0) is 23.6. The number of aromatic nitrogens is 1. The molecular formula is C28H30N2O2S. The molecule has 1 aromatic heterocycles. The zero-order valence-corrected chi connectivity index (χ0v) is 20.4. The Balaban J connectivity index is 1.60. The average Bonchev–Trinajstić information content (AvgIpc) is 3.10. The molecule has 0 fully saturated rings. The van der Waals surface area contributed by atoms with Gasteiger partial charge >= 0.3 is 0 Å². The first-order chi connectivity index (χ1) is 15.8. The normalized spacial score (nSPS) is 12.7. The molecule has 1 atom stereocenters. The van der Waals surface area contributed by atoms with Crippen LogP contribution in [-0.4, -0.2) is 21.6 Å². The van der Waals surface area contributed by atoms with Crippen LogP contribution in [0.2, 0.25) is 0 Å². The highest BCUT2D eigenvalue weighted by Gasteiger charge is 2.24. The number of nitrogens with one attached hydrogen (secondary N) is 1. The van der Waals surface area contributed by atoms with E-state index < -0.39 is 0 Å². The van der Waals surface area contributed by atoms with Gasteiger partial charge in [-0.2, -0.15) is 0 Å². The van der Waals surface area contributed by atoms with Gasteiger partial charge in [-0.05, 0) is 42.2 Å². The summed E-state index contributed by atoms with van der Waals surface area (Å²) in [5.74, 6) is 0.0696. The van der Waals surface area contributed by atoms with E-state index in [1.807, 2.05) is 92.9 Å². The molecule has 0 saturated carbocycles. The van der Waals surface area contributed by atoms with Crippen molar-refractivity contribution in [3.63, 3.8) is 0 Å². The van der Waals surface area contributed by atoms with Gasteiger partial charge in [0.15, 0.2) is 0 Å². The minimum absolute atomic E-state index is 0.00181. The number of rotatable bonds is 6. The predicted molar refractivity (Wildman–Crippen MR) is 139 cm³/mol. The maximum atomic E-state index is 13.8. The largest absolute Gasteiger partial charge is 0.326 e. The lowest BCUT2D eigenvalue weighted by atomic mass is 9.92. The Hall–Kier alpha value is -3.05. The molecule has 0 spiro atoms. The summed E-state index contributed by atoms with van der Waals surface area (Å²) in [4.78, 5) is 27.1. The summed E-state index contributed by atoms with van der Waals surface area (Å²) < 4.78 is 1.86. The molecule has 4 rings (SSSR count). The summed E-state index contributed by atoms with van der Waals surface area (Å²) in [6, 6.07) is 23.9. The van der Waals surface area contributed by atoms with Crippen LogP contribution < -0.4 is 5.32 Å². The van der Waals surface area contributed by atoms with Crippen molar-refractivity contribution >= 4 is 51.1 Å². The van der Waals surface area contributed by atoms with Crippen LogP contribution in [0, 0.1) is 5.41 Å². The number of carbonyl (C=O) groups excluding carboxylic acids is 2. The molecule has 1 amide bonds. The van der Waals surface area contributed by atoms with Gasteiger partial charge in [0.1, 0.15) is 0 Å². The van der Waals surface area contributed by atoms with Gasteiger partial charge in [-0.1, -0.05) is 70.2 Å². The molecule has 0 aliphatic rings. The maximum absolute atomic E-state index is 13.8. The second-order valence-corrected chi connectivity index (χ2v) is 10.8. The lowest BCUT2D eigenvalue weighted by Crippen LogP contribution is -2.23. The number of hydrogen-bond acceptors (Lipinski definition) is 3. The van der Waals surface area contributed by atoms with Crippen LogP contribution in [0.1, 0.15) is 45.3 Å². The van der Waals surface area contributed by atoms with Crippen molar-refractivity contribution in [1.29, 1.82) is 0 Å². The summed E-state index contributed by atoms with van der Waals surface area (Å²) in [7, 11) is 0. The van der Waals surface area contributed by atoms with Crippen LogP contribution >= 0.6 is 11.8 Å². The van der Waals surface area contributed by atoms with Gasteiger partial charge in [0.05, 0.1) is 16.3 Å². The van der Waals surface area contributed by atoms with Crippen molar-refractivity contribution in [1.82, 2.24) is 4.57 Å². The highest BCUT2D eigenvalue weighted by atomic mass is 32.2. The monoisotopic (exact) mass is 458 g/mol. The van der Waals surface area contributed by atoms with E-state index in [-0.39, 0.29) is 22.5 Å². The molecule has 0 bridgehead atoms. The molecule has 0 aliphatic heterocycles. The smallest absolute Gasteiger partial charge is 0.245 e. The Morgan fingerprint density at radius 3 is 2.09 bits per heavy atom. The highest BCUT2D eigenvalue weighted by molar-refractivity contribution is 8.00. The zero-order valence-electron chi connectivity index (χ0n) is 19.6. The number of fused-ring (bicyclic) bond motifs is 3. The average molecular weight is 459 g/mol. The van der Waals surface area contributed by atoms with E-state index >= 15 is 0 Å². The van der Waals surface area contributed by atoms with Crippen LogP contribution in [-0.2, 0) is 4.79 Å². The number of benzene rings is 3. The molecule has 1 unspecified atom stereocenters. The third kappa shape index (κ3) is 5.14. The predicted octanol–water partition coefficient (Wildman–Crippen LogP) is 7.38. The van der Waals surface area contributed by atoms with E-state index in [2.05, 4.69) is 17.4 Å². The minimum atomic E-state index is -0.246. The van der Waals surface area contributed by atoms with Crippen LogP contribution in [0.25, 0.3) is 21.8 Å². The van der Waals surface area contributed by atoms with E-state index in [0.29, 0.717) is 12.8 Å². The topological polar surface area (TPSA) is 51.1 Å². The Kier molecular flexibility index (Phi) is 6.61. The standard InChI is InChI=1S/C28H30N2O2S/c1-5-25(33-20-12-10-11-19(17-20)29-26(31)18-28(2,3)4)27(32)30-23-15-8-6-13-21(23)22-14-7-9-16-24(22)30/h6-17,25H,5,18H2,1-4H3,(H,29,31). The maximum Gasteiger partial charge on any atom is 0.245 e. The fourth-order valence-corrected chi connectivity index (χ4v) is 5.16. The van der Waals surface area contributed by atoms with Gasteiger partial charge in [0.25, 0.3) is 0 Å². The number of nitrogens with zero attached hydrogens (tertiary/aromatic N) is 1. The molecule has 4 nitrogen and oxygen atoms in total. The van der Waals surface area contributed by atoms with E-state index in [9.17, 15) is 9.59 Å². The van der Waals surface area contributed by atoms with Crippen molar-refractivity contribution in [3.8, 4) is 0 Å². The molecule has 5 heteroatoms. The number of thioether (sulfide) groups is 1. The molecule has 1 N–H and O–H groups in total. The number of anilines is 1. The van der Waals surface area contributed by atoms with Gasteiger partial charge in [-0.15, -0.1) is 11.8 Å². The summed E-state index contributed by atoms with van der Waals surface area (Å²) in [6.45, 7) is 8.18. The fraction of sp³-hybridized carbons (Fsp3) is 0.286. The minimum Gasteiger partial charge on any atom is -0.326 e. The SMILES string of the molecule is CCC(Sc1cccc(NC(=O)CC(C)(C)C)c1)C(=O)n1c2ccccc2c2ccccc21. The van der Waals surface area contributed by atoms with Crippen LogP contribution in [0.3, 0.4) is 0 Å². The quantitative estimate of drug-likeness (QED) is 0.307. The third-order valence-electron chi connectivity index (χ3n) is 5.53. The number of amides is 1. The summed E-state index contributed by atoms with van der Waals surface area (Å²) in [6.07, 6.45) is 1.15. The first kappa shape index (κ1) is 23.1. The fourth-order valence-electron chi connectivity index (χ4n) is 4.11. The van der Waals surface area contributed by atoms with Crippen molar-refractivity contribution in [2.24, 2.45) is 5.41 Å². The van der Waals surface area contributed by atoms with Gasteiger partial charge in [-0.3, -0.25) is 14.2 Å². The molecule has 4 aromatic rings. The van der Waals surface area contributed by atoms with E-state index in [1.54, 1.807) is 11.8 Å². The van der Waals surface area contributed by atoms with Gasteiger partial charge in [0.2, 0.25) is 11.8 Å². The van der Waals surface area contributed by atoms with Gasteiger partial charge in [-0.25, -0.2) is 0 Å². The molecule has 0 radical (unpaired) electrons. The summed E-state index contributed by atoms with van der Waals surface area (Å²) in [5.41, 5.74) is 2.56. The third-order valence-corrected chi connectivity index (χ3v) is 6.88. The first-order valence-corrected chi connectivity index (χ1v) is 12.2. The summed E-state index contributed by atoms with van der Waals surface area (Å²) in [5, 5.41) is 4.92. The first-order valence-electron chi connectivity index (χ1n) is 11.4. The lowest BCUT2D eigenvalue weighted by Gasteiger charge is -2.18. The van der Waals surface area contributed by atoms with Crippen LogP contribution in [0.15, 0.2) is 77.7 Å². The highest BCUT2D eigenvalue weighted by Crippen LogP contribution is 2.33. The number of carbonyl (C=O) groups is 2. The number of para-hydroxylation sites is 2. The second kappa shape index (κ2) is 9.44. The lowest BCUT2D eigenvalue weighted by molar-refractivity contribution is -0.117. The van der Waals surface area contributed by atoms with Crippen molar-refractivity contribution < 1.29 is 9.59 Å². The molecular weight excluding hydrogens is 428 g/mol. The van der Waals surface area contributed by atoms with Crippen LogP contribution in [0.4, 0.5) is 5.69 Å². The molecule has 0 aliphatic carbocycles. The summed E-state index contributed by atoms with van der Waals surface area (Å²) >= 11 is 1.54. The van der Waals surface area contributed by atoms with E-state index in [1.165, 1.54) is 0 Å². The molecule has 33 heavy (non-hydrogen) atoms. The Labute approximate surface area is 199 Å². The Morgan fingerprint density at radius 1 is 0.909 bits per heavy atom. The van der Waals surface area contributed by atoms with Crippen molar-refractivity contribution in [3.05, 3.63) is 72.8 Å². The van der Waals surface area contributed by atoms with Gasteiger partial charge < -0.3 is 5.32 Å². The van der Waals surface area contributed by atoms with E-state index in [4.69, 9.17) is 0 Å².